The van der Waals surface area contributed by atoms with Crippen molar-refractivity contribution in [2.24, 2.45) is 0 Å². The molecular formula is C24H26N2O4. The fraction of sp³-hybridized carbons (Fsp3) is 0.250. The highest BCUT2D eigenvalue weighted by molar-refractivity contribution is 5.97. The third-order valence-electron chi connectivity index (χ3n) is 4.47. The predicted octanol–water partition coefficient (Wildman–Crippen LogP) is 4.01. The van der Waals surface area contributed by atoms with Crippen molar-refractivity contribution in [2.45, 2.75) is 13.3 Å². The summed E-state index contributed by atoms with van der Waals surface area (Å²) in [6, 6.07) is 20.4. The van der Waals surface area contributed by atoms with E-state index in [0.29, 0.717) is 36.8 Å². The van der Waals surface area contributed by atoms with Crippen LogP contribution in [-0.2, 0) is 9.53 Å². The number of carbonyl (C=O) groups excluding carboxylic acids is 2. The summed E-state index contributed by atoms with van der Waals surface area (Å²) in [6.45, 7) is 3.63. The lowest BCUT2D eigenvalue weighted by Gasteiger charge is -2.11. The van der Waals surface area contributed by atoms with Gasteiger partial charge in [0.1, 0.15) is 5.75 Å². The van der Waals surface area contributed by atoms with Crippen LogP contribution >= 0.6 is 0 Å². The monoisotopic (exact) mass is 406 g/mol. The Balaban J connectivity index is 1.52. The molecule has 0 heterocycles. The molecule has 30 heavy (non-hydrogen) atoms. The number of amides is 2. The Morgan fingerprint density at radius 1 is 0.967 bits per heavy atom. The van der Waals surface area contributed by atoms with Crippen LogP contribution in [-0.4, -0.2) is 38.2 Å². The summed E-state index contributed by atoms with van der Waals surface area (Å²) < 4.78 is 11.0. The molecule has 2 amide bonds. The highest BCUT2D eigenvalue weighted by Gasteiger charge is 2.09. The highest BCUT2D eigenvalue weighted by Crippen LogP contribution is 2.25. The average Bonchev–Trinajstić information content (AvgIpc) is 2.77. The molecule has 6 nitrogen and oxygen atoms in total. The molecule has 0 aliphatic carbocycles. The molecule has 3 aromatic rings. The molecule has 156 valence electrons. The van der Waals surface area contributed by atoms with E-state index in [1.807, 2.05) is 49.4 Å². The summed E-state index contributed by atoms with van der Waals surface area (Å²) >= 11 is 0. The van der Waals surface area contributed by atoms with Crippen molar-refractivity contribution in [3.05, 3.63) is 72.3 Å². The minimum Gasteiger partial charge on any atom is -0.483 e. The Kier molecular flexibility index (Phi) is 7.80. The molecule has 0 saturated carbocycles. The van der Waals surface area contributed by atoms with Crippen LogP contribution in [0.4, 0.5) is 5.69 Å². The van der Waals surface area contributed by atoms with Gasteiger partial charge in [-0.1, -0.05) is 42.5 Å². The Labute approximate surface area is 176 Å². The van der Waals surface area contributed by atoms with E-state index in [4.69, 9.17) is 9.47 Å². The van der Waals surface area contributed by atoms with E-state index < -0.39 is 0 Å². The van der Waals surface area contributed by atoms with E-state index in [-0.39, 0.29) is 18.4 Å². The van der Waals surface area contributed by atoms with Gasteiger partial charge < -0.3 is 20.1 Å². The van der Waals surface area contributed by atoms with E-state index in [2.05, 4.69) is 10.6 Å². The van der Waals surface area contributed by atoms with Gasteiger partial charge in [-0.2, -0.15) is 0 Å². The van der Waals surface area contributed by atoms with Crippen LogP contribution in [0.1, 0.15) is 23.7 Å². The fourth-order valence-corrected chi connectivity index (χ4v) is 3.02. The predicted molar refractivity (Wildman–Crippen MR) is 118 cm³/mol. The molecule has 0 radical (unpaired) electrons. The van der Waals surface area contributed by atoms with Gasteiger partial charge in [0.15, 0.2) is 6.61 Å². The van der Waals surface area contributed by atoms with Crippen LogP contribution in [0.5, 0.6) is 5.75 Å². The van der Waals surface area contributed by atoms with Gasteiger partial charge in [-0.05, 0) is 43.0 Å². The molecular weight excluding hydrogens is 380 g/mol. The number of benzene rings is 3. The third-order valence-corrected chi connectivity index (χ3v) is 4.47. The van der Waals surface area contributed by atoms with Crippen molar-refractivity contribution < 1.29 is 19.1 Å². The van der Waals surface area contributed by atoms with Crippen LogP contribution in [0.25, 0.3) is 10.8 Å². The molecule has 0 aromatic heterocycles. The summed E-state index contributed by atoms with van der Waals surface area (Å²) in [4.78, 5) is 24.6. The molecule has 3 rings (SSSR count). The molecule has 0 aliphatic rings. The zero-order chi connectivity index (χ0) is 21.2. The molecule has 0 aliphatic heterocycles. The fourth-order valence-electron chi connectivity index (χ4n) is 3.02. The Hall–Kier alpha value is -3.38. The van der Waals surface area contributed by atoms with Gasteiger partial charge in [0.25, 0.3) is 11.8 Å². The number of rotatable bonds is 10. The van der Waals surface area contributed by atoms with Crippen molar-refractivity contribution >= 4 is 28.3 Å². The molecule has 0 fully saturated rings. The molecule has 0 spiro atoms. The Morgan fingerprint density at radius 2 is 1.77 bits per heavy atom. The first-order valence-corrected chi connectivity index (χ1v) is 10.0. The number of ether oxygens (including phenoxy) is 2. The molecule has 6 heteroatoms. The average molecular weight is 406 g/mol. The van der Waals surface area contributed by atoms with Crippen LogP contribution in [0.2, 0.25) is 0 Å². The first kappa shape index (κ1) is 21.3. The topological polar surface area (TPSA) is 76.7 Å². The van der Waals surface area contributed by atoms with Crippen molar-refractivity contribution in [1.82, 2.24) is 5.32 Å². The molecule has 2 N–H and O–H groups in total. The normalized spacial score (nSPS) is 10.6. The van der Waals surface area contributed by atoms with Crippen LogP contribution in [0.3, 0.4) is 0 Å². The zero-order valence-electron chi connectivity index (χ0n) is 17.0. The lowest BCUT2D eigenvalue weighted by Crippen LogP contribution is -2.25. The molecule has 3 aromatic carbocycles. The Bertz CT molecular complexity index is 998. The summed E-state index contributed by atoms with van der Waals surface area (Å²) in [5.74, 6) is 0.176. The molecule has 0 unspecified atom stereocenters. The molecule has 0 saturated heterocycles. The summed E-state index contributed by atoms with van der Waals surface area (Å²) in [6.07, 6.45) is 0.752. The lowest BCUT2D eigenvalue weighted by molar-refractivity contribution is -0.118. The Morgan fingerprint density at radius 3 is 2.63 bits per heavy atom. The maximum atomic E-state index is 12.3. The first-order valence-electron chi connectivity index (χ1n) is 10.0. The maximum Gasteiger partial charge on any atom is 0.262 e. The third kappa shape index (κ3) is 6.06. The second kappa shape index (κ2) is 11.0. The van der Waals surface area contributed by atoms with Gasteiger partial charge in [-0.25, -0.2) is 0 Å². The quantitative estimate of drug-likeness (QED) is 0.499. The minimum absolute atomic E-state index is 0.123. The summed E-state index contributed by atoms with van der Waals surface area (Å²) in [7, 11) is 0. The van der Waals surface area contributed by atoms with Crippen molar-refractivity contribution in [2.75, 3.05) is 31.7 Å². The number of nitrogens with one attached hydrogen (secondary N) is 2. The zero-order valence-corrected chi connectivity index (χ0v) is 17.0. The van der Waals surface area contributed by atoms with E-state index in [1.165, 1.54) is 0 Å². The van der Waals surface area contributed by atoms with Crippen molar-refractivity contribution in [3.8, 4) is 5.75 Å². The summed E-state index contributed by atoms with van der Waals surface area (Å²) in [5, 5.41) is 7.63. The van der Waals surface area contributed by atoms with Gasteiger partial charge in [0.05, 0.1) is 0 Å². The van der Waals surface area contributed by atoms with E-state index in [1.54, 1.807) is 24.3 Å². The standard InChI is InChI=1S/C24H26N2O4/c1-2-29-15-7-14-25-24(28)19-10-5-11-20(16-19)26-23(27)17-30-22-13-6-9-18-8-3-4-12-21(18)22/h3-6,8-13,16H,2,7,14-15,17H2,1H3,(H,25,28)(H,26,27). The van der Waals surface area contributed by atoms with Crippen molar-refractivity contribution in [1.29, 1.82) is 0 Å². The number of fused-ring (bicyclic) bond motifs is 1. The van der Waals surface area contributed by atoms with Gasteiger partial charge in [0.2, 0.25) is 0 Å². The van der Waals surface area contributed by atoms with Gasteiger partial charge in [-0.3, -0.25) is 9.59 Å². The maximum absolute atomic E-state index is 12.3. The van der Waals surface area contributed by atoms with Gasteiger partial charge in [0, 0.05) is 36.4 Å². The second-order valence-electron chi connectivity index (χ2n) is 6.70. The number of anilines is 1. The lowest BCUT2D eigenvalue weighted by atomic mass is 10.1. The minimum atomic E-state index is -0.294. The van der Waals surface area contributed by atoms with E-state index in [9.17, 15) is 9.59 Å². The van der Waals surface area contributed by atoms with Crippen LogP contribution < -0.4 is 15.4 Å². The smallest absolute Gasteiger partial charge is 0.262 e. The first-order chi connectivity index (χ1) is 14.7. The van der Waals surface area contributed by atoms with Gasteiger partial charge >= 0.3 is 0 Å². The SMILES string of the molecule is CCOCCCNC(=O)c1cccc(NC(=O)COc2cccc3ccccc23)c1. The van der Waals surface area contributed by atoms with E-state index >= 15 is 0 Å². The molecule has 0 bridgehead atoms. The van der Waals surface area contributed by atoms with E-state index in [0.717, 1.165) is 17.2 Å². The number of hydrogen-bond donors (Lipinski definition) is 2. The van der Waals surface area contributed by atoms with Crippen LogP contribution in [0.15, 0.2) is 66.7 Å². The van der Waals surface area contributed by atoms with Gasteiger partial charge in [-0.15, -0.1) is 0 Å². The largest absolute Gasteiger partial charge is 0.483 e. The van der Waals surface area contributed by atoms with Crippen molar-refractivity contribution in [3.63, 3.8) is 0 Å². The molecule has 0 atom stereocenters. The number of hydrogen-bond acceptors (Lipinski definition) is 4. The highest BCUT2D eigenvalue weighted by atomic mass is 16.5. The van der Waals surface area contributed by atoms with Crippen LogP contribution in [0, 0.1) is 0 Å². The second-order valence-corrected chi connectivity index (χ2v) is 6.70. The number of carbonyl (C=O) groups is 2. The summed E-state index contributed by atoms with van der Waals surface area (Å²) in [5.41, 5.74) is 1.03.